The number of para-hydroxylation sites is 2. The molecule has 1 aromatic heterocycles. The Hall–Kier alpha value is -3.35. The molecule has 28 heavy (non-hydrogen) atoms. The molecule has 2 heterocycles. The second-order valence-corrected chi connectivity index (χ2v) is 6.94. The third-order valence-electron chi connectivity index (χ3n) is 5.24. The van der Waals surface area contributed by atoms with Gasteiger partial charge in [-0.25, -0.2) is 0 Å². The van der Waals surface area contributed by atoms with E-state index in [1.165, 1.54) is 0 Å². The molecule has 1 N–H and O–H groups in total. The van der Waals surface area contributed by atoms with E-state index < -0.39 is 0 Å². The molecule has 0 radical (unpaired) electrons. The molecule has 1 fully saturated rings. The summed E-state index contributed by atoms with van der Waals surface area (Å²) in [6.07, 6.45) is 2.74. The average molecular weight is 378 g/mol. The van der Waals surface area contributed by atoms with Crippen LogP contribution in [0.1, 0.15) is 6.42 Å². The van der Waals surface area contributed by atoms with Crippen molar-refractivity contribution in [1.29, 1.82) is 0 Å². The molecule has 0 spiro atoms. The van der Waals surface area contributed by atoms with Crippen LogP contribution in [0.2, 0.25) is 0 Å². The lowest BCUT2D eigenvalue weighted by atomic mass is 10.1. The predicted octanol–water partition coefficient (Wildman–Crippen LogP) is 4.09. The summed E-state index contributed by atoms with van der Waals surface area (Å²) in [7, 11) is 1.70. The van der Waals surface area contributed by atoms with Crippen molar-refractivity contribution in [3.05, 3.63) is 64.8 Å². The summed E-state index contributed by atoms with van der Waals surface area (Å²) in [5, 5.41) is 15.3. The lowest BCUT2D eigenvalue weighted by Gasteiger charge is -2.21. The van der Waals surface area contributed by atoms with E-state index in [0.717, 1.165) is 43.2 Å². The number of hydrogen-bond donors (Lipinski definition) is 1. The quantitative estimate of drug-likeness (QED) is 0.514. The van der Waals surface area contributed by atoms with E-state index in [-0.39, 0.29) is 10.6 Å². The molecule has 0 bridgehead atoms. The second-order valence-electron chi connectivity index (χ2n) is 6.94. The van der Waals surface area contributed by atoms with E-state index in [1.807, 2.05) is 18.2 Å². The number of pyridine rings is 1. The number of nitro benzene ring substituents is 1. The van der Waals surface area contributed by atoms with Crippen molar-refractivity contribution in [3.8, 4) is 5.75 Å². The van der Waals surface area contributed by atoms with Crippen LogP contribution < -0.4 is 15.0 Å². The number of fused-ring (bicyclic) bond motifs is 1. The maximum absolute atomic E-state index is 11.3. The Bertz CT molecular complexity index is 1010. The van der Waals surface area contributed by atoms with E-state index >= 15 is 0 Å². The van der Waals surface area contributed by atoms with Gasteiger partial charge in [-0.1, -0.05) is 12.1 Å². The number of nitro groups is 1. The van der Waals surface area contributed by atoms with Crippen LogP contribution in [0.15, 0.2) is 54.7 Å². The number of non-ortho nitro benzene ring substituents is 1. The van der Waals surface area contributed by atoms with Crippen molar-refractivity contribution in [2.45, 2.75) is 6.42 Å². The van der Waals surface area contributed by atoms with Crippen molar-refractivity contribution in [3.63, 3.8) is 0 Å². The van der Waals surface area contributed by atoms with Crippen molar-refractivity contribution >= 4 is 28.0 Å². The van der Waals surface area contributed by atoms with Gasteiger partial charge >= 0.3 is 0 Å². The standard InChI is InChI=1S/C21H22N4O3/c1-28-20-7-3-2-6-19(20)24-12-10-15(14-24)13-23-17-8-9-18(25(26)27)16-5-4-11-22-21(16)17/h2-9,11,15,23H,10,12-14H2,1H3. The lowest BCUT2D eigenvalue weighted by molar-refractivity contribution is -0.383. The first kappa shape index (κ1) is 18.0. The van der Waals surface area contributed by atoms with Crippen LogP contribution >= 0.6 is 0 Å². The van der Waals surface area contributed by atoms with E-state index in [9.17, 15) is 10.1 Å². The second kappa shape index (κ2) is 7.72. The summed E-state index contributed by atoms with van der Waals surface area (Å²) >= 11 is 0. The van der Waals surface area contributed by atoms with Crippen LogP contribution in [-0.4, -0.2) is 36.7 Å². The fourth-order valence-corrected chi connectivity index (χ4v) is 3.82. The van der Waals surface area contributed by atoms with Crippen LogP contribution in [0.5, 0.6) is 5.75 Å². The molecular weight excluding hydrogens is 356 g/mol. The summed E-state index contributed by atoms with van der Waals surface area (Å²) in [6, 6.07) is 14.8. The molecular formula is C21H22N4O3. The molecule has 1 unspecified atom stereocenters. The van der Waals surface area contributed by atoms with Gasteiger partial charge < -0.3 is 15.0 Å². The maximum Gasteiger partial charge on any atom is 0.278 e. The number of methoxy groups -OCH3 is 1. The first-order valence-corrected chi connectivity index (χ1v) is 9.31. The first-order chi connectivity index (χ1) is 13.7. The van der Waals surface area contributed by atoms with E-state index in [4.69, 9.17) is 4.74 Å². The Morgan fingerprint density at radius 1 is 1.25 bits per heavy atom. The van der Waals surface area contributed by atoms with Crippen LogP contribution in [0.3, 0.4) is 0 Å². The van der Waals surface area contributed by atoms with Crippen LogP contribution in [0.4, 0.5) is 17.1 Å². The highest BCUT2D eigenvalue weighted by atomic mass is 16.6. The topological polar surface area (TPSA) is 80.5 Å². The van der Waals surface area contributed by atoms with Gasteiger partial charge in [0.15, 0.2) is 0 Å². The number of rotatable bonds is 6. The molecule has 1 atom stereocenters. The number of nitrogens with one attached hydrogen (secondary N) is 1. The van der Waals surface area contributed by atoms with Gasteiger partial charge in [-0.2, -0.15) is 0 Å². The molecule has 3 aromatic rings. The van der Waals surface area contributed by atoms with Crippen molar-refractivity contribution in [2.24, 2.45) is 5.92 Å². The molecule has 7 heteroatoms. The number of benzene rings is 2. The summed E-state index contributed by atoms with van der Waals surface area (Å²) in [5.74, 6) is 1.36. The number of aromatic nitrogens is 1. The molecule has 4 rings (SSSR count). The van der Waals surface area contributed by atoms with Gasteiger partial charge in [-0.3, -0.25) is 15.1 Å². The number of nitrogens with zero attached hydrogens (tertiary/aromatic N) is 3. The van der Waals surface area contributed by atoms with Gasteiger partial charge in [-0.15, -0.1) is 0 Å². The molecule has 144 valence electrons. The summed E-state index contributed by atoms with van der Waals surface area (Å²) < 4.78 is 5.48. The molecule has 1 aliphatic rings. The zero-order chi connectivity index (χ0) is 19.5. The molecule has 1 aliphatic heterocycles. The van der Waals surface area contributed by atoms with Gasteiger partial charge in [0.25, 0.3) is 5.69 Å². The Labute approximate surface area is 163 Å². The fraction of sp³-hybridized carbons (Fsp3) is 0.286. The first-order valence-electron chi connectivity index (χ1n) is 9.31. The smallest absolute Gasteiger partial charge is 0.278 e. The molecule has 2 aromatic carbocycles. The molecule has 1 saturated heterocycles. The highest BCUT2D eigenvalue weighted by molar-refractivity contribution is 5.96. The average Bonchev–Trinajstić information content (AvgIpc) is 3.20. The minimum atomic E-state index is -0.365. The van der Waals surface area contributed by atoms with Gasteiger partial charge in [0.05, 0.1) is 28.8 Å². The van der Waals surface area contributed by atoms with Crippen LogP contribution in [0, 0.1) is 16.0 Å². The SMILES string of the molecule is COc1ccccc1N1CCC(CNc2ccc([N+](=O)[O-])c3cccnc23)C1. The number of anilines is 2. The zero-order valence-corrected chi connectivity index (χ0v) is 15.7. The largest absolute Gasteiger partial charge is 0.495 e. The van der Waals surface area contributed by atoms with Gasteiger partial charge in [-0.05, 0) is 42.7 Å². The van der Waals surface area contributed by atoms with E-state index in [2.05, 4.69) is 21.3 Å². The molecule has 0 saturated carbocycles. The monoisotopic (exact) mass is 378 g/mol. The lowest BCUT2D eigenvalue weighted by Crippen LogP contribution is -2.23. The molecule has 0 aliphatic carbocycles. The van der Waals surface area contributed by atoms with Gasteiger partial charge in [0, 0.05) is 31.9 Å². The maximum atomic E-state index is 11.3. The summed E-state index contributed by atoms with van der Waals surface area (Å²) in [6.45, 7) is 2.70. The Morgan fingerprint density at radius 3 is 2.93 bits per heavy atom. The Balaban J connectivity index is 1.47. The number of hydrogen-bond acceptors (Lipinski definition) is 6. The predicted molar refractivity (Wildman–Crippen MR) is 110 cm³/mol. The highest BCUT2D eigenvalue weighted by Gasteiger charge is 2.25. The van der Waals surface area contributed by atoms with E-state index in [0.29, 0.717) is 16.8 Å². The number of ether oxygens (including phenoxy) is 1. The van der Waals surface area contributed by atoms with Crippen molar-refractivity contribution in [2.75, 3.05) is 37.0 Å². The molecule has 7 nitrogen and oxygen atoms in total. The van der Waals surface area contributed by atoms with Gasteiger partial charge in [0.1, 0.15) is 11.3 Å². The van der Waals surface area contributed by atoms with E-state index in [1.54, 1.807) is 37.6 Å². The Morgan fingerprint density at radius 2 is 2.11 bits per heavy atom. The minimum Gasteiger partial charge on any atom is -0.495 e. The highest BCUT2D eigenvalue weighted by Crippen LogP contribution is 2.33. The third-order valence-corrected chi connectivity index (χ3v) is 5.24. The fourth-order valence-electron chi connectivity index (χ4n) is 3.82. The Kier molecular flexibility index (Phi) is 4.97. The minimum absolute atomic E-state index is 0.0804. The third kappa shape index (κ3) is 3.43. The summed E-state index contributed by atoms with van der Waals surface area (Å²) in [4.78, 5) is 17.6. The normalized spacial score (nSPS) is 16.3. The van der Waals surface area contributed by atoms with Crippen molar-refractivity contribution < 1.29 is 9.66 Å². The van der Waals surface area contributed by atoms with Crippen LogP contribution in [-0.2, 0) is 0 Å². The molecule has 0 amide bonds. The van der Waals surface area contributed by atoms with Crippen LogP contribution in [0.25, 0.3) is 10.9 Å². The van der Waals surface area contributed by atoms with Gasteiger partial charge in [0.2, 0.25) is 0 Å². The van der Waals surface area contributed by atoms with Crippen molar-refractivity contribution in [1.82, 2.24) is 4.98 Å². The zero-order valence-electron chi connectivity index (χ0n) is 15.7. The summed E-state index contributed by atoms with van der Waals surface area (Å²) in [5.41, 5.74) is 2.67.